The van der Waals surface area contributed by atoms with E-state index in [2.05, 4.69) is 22.8 Å². The van der Waals surface area contributed by atoms with Crippen LogP contribution in [-0.2, 0) is 0 Å². The molecule has 2 unspecified atom stereocenters. The molecule has 2 fully saturated rings. The highest BCUT2D eigenvalue weighted by Gasteiger charge is 2.36. The van der Waals surface area contributed by atoms with E-state index in [-0.39, 0.29) is 5.91 Å². The molecular formula is C17H20N2OS. The molecule has 0 radical (unpaired) electrons. The van der Waals surface area contributed by atoms with Gasteiger partial charge in [-0.15, -0.1) is 11.3 Å². The van der Waals surface area contributed by atoms with Crippen LogP contribution in [0.4, 0.5) is 0 Å². The van der Waals surface area contributed by atoms with E-state index in [1.807, 2.05) is 24.1 Å². The van der Waals surface area contributed by atoms with Crippen LogP contribution in [0.2, 0.25) is 0 Å². The lowest BCUT2D eigenvalue weighted by Gasteiger charge is -2.35. The molecule has 1 amide bonds. The predicted octanol–water partition coefficient (Wildman–Crippen LogP) is 3.26. The number of fused-ring (bicyclic) bond motifs is 3. The fraction of sp³-hybridized carbons (Fsp3) is 0.471. The highest BCUT2D eigenvalue weighted by atomic mass is 32.1. The molecule has 2 bridgehead atoms. The summed E-state index contributed by atoms with van der Waals surface area (Å²) in [6, 6.07) is 9.75. The topological polar surface area (TPSA) is 32.3 Å². The zero-order valence-corrected chi connectivity index (χ0v) is 13.0. The summed E-state index contributed by atoms with van der Waals surface area (Å²) in [5.41, 5.74) is 0.814. The van der Waals surface area contributed by atoms with E-state index in [1.165, 1.54) is 22.9 Å². The zero-order valence-electron chi connectivity index (χ0n) is 12.2. The van der Waals surface area contributed by atoms with Gasteiger partial charge in [-0.3, -0.25) is 4.79 Å². The van der Waals surface area contributed by atoms with Gasteiger partial charge in [0, 0.05) is 35.4 Å². The average molecular weight is 300 g/mol. The number of thiophene rings is 1. The summed E-state index contributed by atoms with van der Waals surface area (Å²) in [7, 11) is 1.97. The first-order valence-corrected chi connectivity index (χ1v) is 8.59. The molecule has 3 heterocycles. The van der Waals surface area contributed by atoms with Crippen molar-refractivity contribution in [2.75, 3.05) is 7.05 Å². The molecule has 0 spiro atoms. The fourth-order valence-electron chi connectivity index (χ4n) is 3.81. The Morgan fingerprint density at radius 3 is 2.76 bits per heavy atom. The minimum Gasteiger partial charge on any atom is -0.339 e. The van der Waals surface area contributed by atoms with Crippen molar-refractivity contribution in [3.63, 3.8) is 0 Å². The second kappa shape index (κ2) is 5.11. The highest BCUT2D eigenvalue weighted by Crippen LogP contribution is 2.30. The van der Waals surface area contributed by atoms with Crippen molar-refractivity contribution in [3.05, 3.63) is 35.2 Å². The summed E-state index contributed by atoms with van der Waals surface area (Å²) in [5.74, 6) is 0.161. The maximum Gasteiger partial charge on any atom is 0.253 e. The summed E-state index contributed by atoms with van der Waals surface area (Å²) in [4.78, 5) is 14.7. The first kappa shape index (κ1) is 13.3. The number of hydrogen-bond donors (Lipinski definition) is 1. The minimum absolute atomic E-state index is 0.161. The van der Waals surface area contributed by atoms with Gasteiger partial charge >= 0.3 is 0 Å². The van der Waals surface area contributed by atoms with E-state index in [4.69, 9.17) is 0 Å². The molecule has 4 rings (SSSR count). The first-order chi connectivity index (χ1) is 10.2. The SMILES string of the molecule is CN(C(=O)c1ccc2sccc2c1)C1CC2CCC(C1)N2. The fourth-order valence-corrected chi connectivity index (χ4v) is 4.58. The second-order valence-electron chi connectivity index (χ2n) is 6.35. The van der Waals surface area contributed by atoms with Crippen LogP contribution in [0.15, 0.2) is 29.6 Å². The molecule has 1 aromatic heterocycles. The van der Waals surface area contributed by atoms with Crippen LogP contribution in [0.25, 0.3) is 10.1 Å². The molecule has 1 aromatic carbocycles. The van der Waals surface area contributed by atoms with Crippen LogP contribution in [0, 0.1) is 0 Å². The van der Waals surface area contributed by atoms with E-state index in [0.29, 0.717) is 18.1 Å². The van der Waals surface area contributed by atoms with Gasteiger partial charge < -0.3 is 10.2 Å². The van der Waals surface area contributed by atoms with Gasteiger partial charge in [0.1, 0.15) is 0 Å². The predicted molar refractivity (Wildman–Crippen MR) is 86.9 cm³/mol. The maximum absolute atomic E-state index is 12.8. The average Bonchev–Trinajstić information content (AvgIpc) is 3.11. The summed E-state index contributed by atoms with van der Waals surface area (Å²) in [6.07, 6.45) is 4.73. The lowest BCUT2D eigenvalue weighted by molar-refractivity contribution is 0.0682. The zero-order chi connectivity index (χ0) is 14.4. The van der Waals surface area contributed by atoms with E-state index in [0.717, 1.165) is 18.4 Å². The quantitative estimate of drug-likeness (QED) is 0.923. The van der Waals surface area contributed by atoms with E-state index >= 15 is 0 Å². The Bertz CT molecular complexity index is 668. The van der Waals surface area contributed by atoms with Crippen molar-refractivity contribution in [2.24, 2.45) is 0 Å². The van der Waals surface area contributed by atoms with Gasteiger partial charge in [-0.1, -0.05) is 0 Å². The van der Waals surface area contributed by atoms with Gasteiger partial charge in [0.05, 0.1) is 0 Å². The largest absolute Gasteiger partial charge is 0.339 e. The number of rotatable bonds is 2. The summed E-state index contributed by atoms with van der Waals surface area (Å²) in [6.45, 7) is 0. The Morgan fingerprint density at radius 1 is 1.24 bits per heavy atom. The van der Waals surface area contributed by atoms with Crippen LogP contribution in [0.5, 0.6) is 0 Å². The third kappa shape index (κ3) is 2.36. The minimum atomic E-state index is 0.161. The van der Waals surface area contributed by atoms with Crippen molar-refractivity contribution in [1.82, 2.24) is 10.2 Å². The van der Waals surface area contributed by atoms with Crippen LogP contribution in [-0.4, -0.2) is 36.0 Å². The second-order valence-corrected chi connectivity index (χ2v) is 7.30. The van der Waals surface area contributed by atoms with Gasteiger partial charge in [0.2, 0.25) is 0 Å². The molecular weight excluding hydrogens is 280 g/mol. The van der Waals surface area contributed by atoms with Gasteiger partial charge in [0.15, 0.2) is 0 Å². The molecule has 110 valence electrons. The van der Waals surface area contributed by atoms with Crippen molar-refractivity contribution in [1.29, 1.82) is 0 Å². The Kier molecular flexibility index (Phi) is 3.23. The van der Waals surface area contributed by atoms with Crippen molar-refractivity contribution >= 4 is 27.3 Å². The molecule has 2 atom stereocenters. The Balaban J connectivity index is 1.55. The Hall–Kier alpha value is -1.39. The first-order valence-electron chi connectivity index (χ1n) is 7.71. The molecule has 1 N–H and O–H groups in total. The summed E-state index contributed by atoms with van der Waals surface area (Å²) < 4.78 is 1.24. The van der Waals surface area contributed by atoms with Crippen LogP contribution >= 0.6 is 11.3 Å². The van der Waals surface area contributed by atoms with Crippen molar-refractivity contribution in [3.8, 4) is 0 Å². The molecule has 0 aliphatic carbocycles. The summed E-state index contributed by atoms with van der Waals surface area (Å²) >= 11 is 1.72. The molecule has 0 saturated carbocycles. The number of carbonyl (C=O) groups is 1. The van der Waals surface area contributed by atoms with Gasteiger partial charge in [-0.2, -0.15) is 0 Å². The highest BCUT2D eigenvalue weighted by molar-refractivity contribution is 7.17. The van der Waals surface area contributed by atoms with E-state index in [1.54, 1.807) is 11.3 Å². The van der Waals surface area contributed by atoms with E-state index < -0.39 is 0 Å². The number of benzene rings is 1. The molecule has 2 saturated heterocycles. The number of nitrogens with one attached hydrogen (secondary N) is 1. The molecule has 2 aliphatic heterocycles. The number of nitrogens with zero attached hydrogens (tertiary/aromatic N) is 1. The third-order valence-electron chi connectivity index (χ3n) is 5.02. The molecule has 4 heteroatoms. The number of carbonyl (C=O) groups excluding carboxylic acids is 1. The Morgan fingerprint density at radius 2 is 2.00 bits per heavy atom. The smallest absolute Gasteiger partial charge is 0.253 e. The van der Waals surface area contributed by atoms with Crippen LogP contribution in [0.3, 0.4) is 0 Å². The van der Waals surface area contributed by atoms with E-state index in [9.17, 15) is 4.79 Å². The lowest BCUT2D eigenvalue weighted by Crippen LogP contribution is -2.48. The molecule has 2 aliphatic rings. The standard InChI is InChI=1S/C17H20N2OS/c1-19(15-9-13-3-4-14(10-15)18-13)17(20)12-2-5-16-11(8-12)6-7-21-16/h2,5-8,13-15,18H,3-4,9-10H2,1H3. The molecule has 3 nitrogen and oxygen atoms in total. The summed E-state index contributed by atoms with van der Waals surface area (Å²) in [5, 5.41) is 6.89. The normalized spacial score (nSPS) is 28.0. The van der Waals surface area contributed by atoms with Crippen molar-refractivity contribution < 1.29 is 4.79 Å². The van der Waals surface area contributed by atoms with Gasteiger partial charge in [-0.05, 0) is 60.7 Å². The number of piperidine rings is 1. The maximum atomic E-state index is 12.8. The van der Waals surface area contributed by atoms with Crippen LogP contribution in [0.1, 0.15) is 36.0 Å². The molecule has 21 heavy (non-hydrogen) atoms. The van der Waals surface area contributed by atoms with Crippen LogP contribution < -0.4 is 5.32 Å². The van der Waals surface area contributed by atoms with Gasteiger partial charge in [0.25, 0.3) is 5.91 Å². The Labute approximate surface area is 128 Å². The number of amides is 1. The van der Waals surface area contributed by atoms with Gasteiger partial charge in [-0.25, -0.2) is 0 Å². The lowest BCUT2D eigenvalue weighted by atomic mass is 9.98. The third-order valence-corrected chi connectivity index (χ3v) is 5.91. The van der Waals surface area contributed by atoms with Crippen molar-refractivity contribution in [2.45, 2.75) is 43.8 Å². The number of hydrogen-bond acceptors (Lipinski definition) is 3. The molecule has 2 aromatic rings. The monoisotopic (exact) mass is 300 g/mol.